The molecule has 18 heavy (non-hydrogen) atoms. The van der Waals surface area contributed by atoms with Gasteiger partial charge in [0.15, 0.2) is 0 Å². The summed E-state index contributed by atoms with van der Waals surface area (Å²) in [4.78, 5) is 14.2. The first kappa shape index (κ1) is 12.9. The van der Waals surface area contributed by atoms with E-state index in [0.717, 1.165) is 37.4 Å². The van der Waals surface area contributed by atoms with Crippen LogP contribution in [0.15, 0.2) is 18.2 Å². The maximum absolute atomic E-state index is 12.3. The van der Waals surface area contributed by atoms with Crippen LogP contribution in [0.3, 0.4) is 0 Å². The minimum atomic E-state index is 0.0904. The Morgan fingerprint density at radius 3 is 2.61 bits per heavy atom. The van der Waals surface area contributed by atoms with Crippen LogP contribution in [0.1, 0.15) is 42.1 Å². The predicted molar refractivity (Wildman–Crippen MR) is 71.8 cm³/mol. The third-order valence-electron chi connectivity index (χ3n) is 3.92. The van der Waals surface area contributed by atoms with Crippen molar-refractivity contribution in [2.75, 3.05) is 13.1 Å². The molecule has 1 N–H and O–H groups in total. The molecule has 1 aliphatic rings. The number of phenols is 1. The van der Waals surface area contributed by atoms with Crippen LogP contribution in [0.4, 0.5) is 0 Å². The highest BCUT2D eigenvalue weighted by Gasteiger charge is 2.22. The third kappa shape index (κ3) is 2.66. The lowest BCUT2D eigenvalue weighted by molar-refractivity contribution is 0.0688. The molecule has 1 aromatic carbocycles. The van der Waals surface area contributed by atoms with Gasteiger partial charge in [-0.2, -0.15) is 0 Å². The van der Waals surface area contributed by atoms with Crippen molar-refractivity contribution in [2.45, 2.75) is 33.1 Å². The van der Waals surface area contributed by atoms with Crippen molar-refractivity contribution in [3.05, 3.63) is 29.3 Å². The lowest BCUT2D eigenvalue weighted by Crippen LogP contribution is -2.38. The zero-order valence-corrected chi connectivity index (χ0v) is 11.1. The highest BCUT2D eigenvalue weighted by molar-refractivity contribution is 5.94. The van der Waals surface area contributed by atoms with Crippen molar-refractivity contribution in [2.24, 2.45) is 5.92 Å². The number of phenolic OH excluding ortho intramolecular Hbond substituents is 1. The second-order valence-corrected chi connectivity index (χ2v) is 5.15. The van der Waals surface area contributed by atoms with Crippen molar-refractivity contribution >= 4 is 5.91 Å². The van der Waals surface area contributed by atoms with Gasteiger partial charge in [-0.25, -0.2) is 0 Å². The van der Waals surface area contributed by atoms with Crippen LogP contribution < -0.4 is 0 Å². The number of rotatable bonds is 2. The fourth-order valence-corrected chi connectivity index (χ4v) is 2.52. The Bertz CT molecular complexity index is 434. The lowest BCUT2D eigenvalue weighted by Gasteiger charge is -2.31. The van der Waals surface area contributed by atoms with Gasteiger partial charge < -0.3 is 10.0 Å². The van der Waals surface area contributed by atoms with Crippen LogP contribution in [-0.4, -0.2) is 29.0 Å². The van der Waals surface area contributed by atoms with E-state index >= 15 is 0 Å². The van der Waals surface area contributed by atoms with Gasteiger partial charge in [-0.05, 0) is 49.4 Å². The first-order valence-electron chi connectivity index (χ1n) is 6.70. The molecule has 1 heterocycles. The fourth-order valence-electron chi connectivity index (χ4n) is 2.52. The van der Waals surface area contributed by atoms with E-state index in [1.807, 2.05) is 11.8 Å². The number of carbonyl (C=O) groups excluding carboxylic acids is 1. The minimum Gasteiger partial charge on any atom is -0.508 e. The number of aryl methyl sites for hydroxylation is 1. The molecule has 0 saturated carbocycles. The molecular weight excluding hydrogens is 226 g/mol. The van der Waals surface area contributed by atoms with Gasteiger partial charge in [-0.1, -0.05) is 13.3 Å². The molecule has 0 bridgehead atoms. The molecule has 0 radical (unpaired) electrons. The highest BCUT2D eigenvalue weighted by atomic mass is 16.3. The maximum atomic E-state index is 12.3. The fraction of sp³-hybridized carbons (Fsp3) is 0.533. The molecule has 3 nitrogen and oxygen atoms in total. The van der Waals surface area contributed by atoms with Crippen LogP contribution in [0.25, 0.3) is 0 Å². The van der Waals surface area contributed by atoms with Crippen LogP contribution in [0, 0.1) is 12.8 Å². The van der Waals surface area contributed by atoms with E-state index in [0.29, 0.717) is 5.56 Å². The van der Waals surface area contributed by atoms with Gasteiger partial charge in [0.2, 0.25) is 0 Å². The normalized spacial score (nSPS) is 16.9. The van der Waals surface area contributed by atoms with Gasteiger partial charge in [-0.3, -0.25) is 4.79 Å². The molecule has 1 fully saturated rings. The number of hydrogen-bond acceptors (Lipinski definition) is 2. The van der Waals surface area contributed by atoms with Crippen molar-refractivity contribution in [1.82, 2.24) is 4.90 Å². The standard InChI is InChI=1S/C15H21NO2/c1-3-12-6-8-16(9-7-12)15(18)13-4-5-14(17)11(2)10-13/h4-5,10,12,17H,3,6-9H2,1-2H3. The summed E-state index contributed by atoms with van der Waals surface area (Å²) < 4.78 is 0. The van der Waals surface area contributed by atoms with E-state index in [4.69, 9.17) is 0 Å². The van der Waals surface area contributed by atoms with Crippen molar-refractivity contribution < 1.29 is 9.90 Å². The van der Waals surface area contributed by atoms with Gasteiger partial charge >= 0.3 is 0 Å². The zero-order chi connectivity index (χ0) is 13.1. The van der Waals surface area contributed by atoms with E-state index in [9.17, 15) is 9.90 Å². The van der Waals surface area contributed by atoms with E-state index in [2.05, 4.69) is 6.92 Å². The summed E-state index contributed by atoms with van der Waals surface area (Å²) in [5.41, 5.74) is 1.43. The number of hydrogen-bond donors (Lipinski definition) is 1. The molecule has 98 valence electrons. The Kier molecular flexibility index (Phi) is 3.90. The summed E-state index contributed by atoms with van der Waals surface area (Å²) in [5.74, 6) is 1.11. The summed E-state index contributed by atoms with van der Waals surface area (Å²) in [6.45, 7) is 5.75. The van der Waals surface area contributed by atoms with Crippen LogP contribution in [0.5, 0.6) is 5.75 Å². The first-order valence-corrected chi connectivity index (χ1v) is 6.70. The van der Waals surface area contributed by atoms with E-state index in [1.165, 1.54) is 6.42 Å². The summed E-state index contributed by atoms with van der Waals surface area (Å²) in [5, 5.41) is 9.48. The number of likely N-dealkylation sites (tertiary alicyclic amines) is 1. The maximum Gasteiger partial charge on any atom is 0.253 e. The average Bonchev–Trinajstić information content (AvgIpc) is 2.41. The van der Waals surface area contributed by atoms with E-state index in [-0.39, 0.29) is 11.7 Å². The number of amides is 1. The highest BCUT2D eigenvalue weighted by Crippen LogP contribution is 2.23. The third-order valence-corrected chi connectivity index (χ3v) is 3.92. The molecule has 0 unspecified atom stereocenters. The largest absolute Gasteiger partial charge is 0.508 e. The SMILES string of the molecule is CCC1CCN(C(=O)c2ccc(O)c(C)c2)CC1. The van der Waals surface area contributed by atoms with Crippen LogP contribution in [0.2, 0.25) is 0 Å². The zero-order valence-electron chi connectivity index (χ0n) is 11.1. The van der Waals surface area contributed by atoms with Gasteiger partial charge in [0.25, 0.3) is 5.91 Å². The summed E-state index contributed by atoms with van der Waals surface area (Å²) in [6, 6.07) is 5.07. The lowest BCUT2D eigenvalue weighted by atomic mass is 9.94. The average molecular weight is 247 g/mol. The number of piperidine rings is 1. The minimum absolute atomic E-state index is 0.0904. The molecule has 1 amide bonds. The smallest absolute Gasteiger partial charge is 0.253 e. The quantitative estimate of drug-likeness (QED) is 0.872. The molecule has 1 saturated heterocycles. The molecule has 1 aromatic rings. The van der Waals surface area contributed by atoms with Gasteiger partial charge in [0, 0.05) is 18.7 Å². The topological polar surface area (TPSA) is 40.5 Å². The number of carbonyl (C=O) groups is 1. The summed E-state index contributed by atoms with van der Waals surface area (Å²) >= 11 is 0. The number of aromatic hydroxyl groups is 1. The van der Waals surface area contributed by atoms with Crippen LogP contribution >= 0.6 is 0 Å². The summed E-state index contributed by atoms with van der Waals surface area (Å²) in [7, 11) is 0. The molecule has 2 rings (SSSR count). The predicted octanol–water partition coefficient (Wildman–Crippen LogP) is 2.96. The van der Waals surface area contributed by atoms with Gasteiger partial charge in [0.1, 0.15) is 5.75 Å². The van der Waals surface area contributed by atoms with Crippen molar-refractivity contribution in [1.29, 1.82) is 0 Å². The molecule has 0 aromatic heterocycles. The van der Waals surface area contributed by atoms with Crippen molar-refractivity contribution in [3.8, 4) is 5.75 Å². The molecule has 0 spiro atoms. The molecular formula is C15H21NO2. The second kappa shape index (κ2) is 5.42. The molecule has 1 aliphatic heterocycles. The summed E-state index contributed by atoms with van der Waals surface area (Å²) in [6.07, 6.45) is 3.43. The monoisotopic (exact) mass is 247 g/mol. The van der Waals surface area contributed by atoms with Crippen molar-refractivity contribution in [3.63, 3.8) is 0 Å². The second-order valence-electron chi connectivity index (χ2n) is 5.15. The first-order chi connectivity index (χ1) is 8.61. The number of nitrogens with zero attached hydrogens (tertiary/aromatic N) is 1. The Labute approximate surface area is 108 Å². The Morgan fingerprint density at radius 1 is 1.39 bits per heavy atom. The van der Waals surface area contributed by atoms with Gasteiger partial charge in [-0.15, -0.1) is 0 Å². The molecule has 0 atom stereocenters. The Balaban J connectivity index is 2.05. The Hall–Kier alpha value is -1.51. The van der Waals surface area contributed by atoms with E-state index < -0.39 is 0 Å². The molecule has 3 heteroatoms. The molecule has 0 aliphatic carbocycles. The Morgan fingerprint density at radius 2 is 2.06 bits per heavy atom. The van der Waals surface area contributed by atoms with E-state index in [1.54, 1.807) is 18.2 Å². The van der Waals surface area contributed by atoms with Crippen LogP contribution in [-0.2, 0) is 0 Å². The van der Waals surface area contributed by atoms with Gasteiger partial charge in [0.05, 0.1) is 0 Å². The number of benzene rings is 1.